The summed E-state index contributed by atoms with van der Waals surface area (Å²) in [6.07, 6.45) is 4.47. The van der Waals surface area contributed by atoms with E-state index >= 15 is 0 Å². The van der Waals surface area contributed by atoms with Crippen LogP contribution in [0.5, 0.6) is 0 Å². The van der Waals surface area contributed by atoms with E-state index in [2.05, 4.69) is 23.6 Å². The second-order valence-electron chi connectivity index (χ2n) is 8.13. The van der Waals surface area contributed by atoms with Crippen LogP contribution in [-0.4, -0.2) is 28.8 Å². The zero-order chi connectivity index (χ0) is 20.6. The first kappa shape index (κ1) is 19.3. The van der Waals surface area contributed by atoms with Crippen LogP contribution in [0.15, 0.2) is 60.8 Å². The molecule has 0 radical (unpaired) electrons. The van der Waals surface area contributed by atoms with Crippen LogP contribution in [0.4, 0.5) is 0 Å². The number of ether oxygens (including phenoxy) is 1. The Morgan fingerprint density at radius 3 is 2.67 bits per heavy atom. The van der Waals surface area contributed by atoms with E-state index < -0.39 is 5.41 Å². The van der Waals surface area contributed by atoms with Gasteiger partial charge in [-0.15, -0.1) is 0 Å². The number of amides is 1. The van der Waals surface area contributed by atoms with Gasteiger partial charge in [0.25, 0.3) is 0 Å². The van der Waals surface area contributed by atoms with Gasteiger partial charge in [0, 0.05) is 17.8 Å². The summed E-state index contributed by atoms with van der Waals surface area (Å²) in [6.45, 7) is 1.81. The average molecular weight is 422 g/mol. The molecule has 0 unspecified atom stereocenters. The minimum absolute atomic E-state index is 0.0595. The van der Waals surface area contributed by atoms with Crippen LogP contribution >= 0.6 is 11.6 Å². The van der Waals surface area contributed by atoms with Gasteiger partial charge in [-0.25, -0.2) is 0 Å². The van der Waals surface area contributed by atoms with Crippen molar-refractivity contribution in [3.8, 4) is 0 Å². The molecule has 0 saturated heterocycles. The molecule has 1 aliphatic carbocycles. The molecule has 1 aromatic heterocycles. The third-order valence-electron chi connectivity index (χ3n) is 6.08. The Morgan fingerprint density at radius 1 is 1.17 bits per heavy atom. The quantitative estimate of drug-likeness (QED) is 0.653. The van der Waals surface area contributed by atoms with Crippen LogP contribution in [0.3, 0.4) is 0 Å². The number of carbonyl (C=O) groups excluding carboxylic acids is 1. The van der Waals surface area contributed by atoms with Gasteiger partial charge in [-0.3, -0.25) is 9.48 Å². The highest BCUT2D eigenvalue weighted by molar-refractivity contribution is 6.30. The second-order valence-corrected chi connectivity index (χ2v) is 8.57. The lowest BCUT2D eigenvalue weighted by Gasteiger charge is -2.24. The Morgan fingerprint density at radius 2 is 1.93 bits per heavy atom. The van der Waals surface area contributed by atoms with E-state index in [1.54, 1.807) is 0 Å². The van der Waals surface area contributed by atoms with Crippen molar-refractivity contribution in [3.63, 3.8) is 0 Å². The lowest BCUT2D eigenvalue weighted by molar-refractivity contribution is -0.124. The lowest BCUT2D eigenvalue weighted by Crippen LogP contribution is -2.38. The van der Waals surface area contributed by atoms with Gasteiger partial charge < -0.3 is 10.1 Å². The molecule has 1 fully saturated rings. The number of aromatic nitrogens is 2. The van der Waals surface area contributed by atoms with Crippen molar-refractivity contribution in [3.05, 3.63) is 88.2 Å². The number of hydrogen-bond donors (Lipinski definition) is 1. The van der Waals surface area contributed by atoms with Crippen LogP contribution in [0.2, 0.25) is 5.02 Å². The van der Waals surface area contributed by atoms with E-state index in [0.717, 1.165) is 37.1 Å². The fourth-order valence-electron chi connectivity index (χ4n) is 4.23. The van der Waals surface area contributed by atoms with Crippen LogP contribution < -0.4 is 5.32 Å². The predicted octanol–water partition coefficient (Wildman–Crippen LogP) is 4.05. The number of halogens is 1. The van der Waals surface area contributed by atoms with E-state index in [0.29, 0.717) is 18.2 Å². The van der Waals surface area contributed by atoms with Gasteiger partial charge in [0.2, 0.25) is 5.91 Å². The minimum Gasteiger partial charge on any atom is -0.370 e. The summed E-state index contributed by atoms with van der Waals surface area (Å²) in [6, 6.07) is 17.9. The Bertz CT molecular complexity index is 1040. The molecule has 0 bridgehead atoms. The van der Waals surface area contributed by atoms with Crippen LogP contribution in [0, 0.1) is 0 Å². The molecular weight excluding hydrogens is 398 g/mol. The number of hydrogen-bond acceptors (Lipinski definition) is 3. The Labute approximate surface area is 181 Å². The standard InChI is InChI=1S/C24H24ClN3O2/c25-20-8-6-19(7-9-20)24(11-12-24)23(29)26-14-21-22-18(10-13-30-21)16-28(27-22)15-17-4-2-1-3-5-17/h1-9,16,21H,10-15H2,(H,26,29)/t21-/m0/s1. The van der Waals surface area contributed by atoms with Crippen molar-refractivity contribution in [2.75, 3.05) is 13.2 Å². The summed E-state index contributed by atoms with van der Waals surface area (Å²) >= 11 is 6.00. The molecule has 2 aromatic carbocycles. The number of benzene rings is 2. The fourth-order valence-corrected chi connectivity index (χ4v) is 4.36. The third-order valence-corrected chi connectivity index (χ3v) is 6.33. The van der Waals surface area contributed by atoms with Gasteiger partial charge in [0.15, 0.2) is 0 Å². The molecule has 5 nitrogen and oxygen atoms in total. The molecule has 154 valence electrons. The molecule has 3 aromatic rings. The van der Waals surface area contributed by atoms with E-state index in [9.17, 15) is 4.79 Å². The number of nitrogens with zero attached hydrogens (tertiary/aromatic N) is 2. The van der Waals surface area contributed by atoms with Crippen LogP contribution in [-0.2, 0) is 27.9 Å². The normalized spacial score (nSPS) is 19.2. The zero-order valence-electron chi connectivity index (χ0n) is 16.7. The van der Waals surface area contributed by atoms with Gasteiger partial charge in [0.1, 0.15) is 6.10 Å². The number of fused-ring (bicyclic) bond motifs is 1. The molecule has 2 aliphatic rings. The van der Waals surface area contributed by atoms with E-state index in [1.165, 1.54) is 11.1 Å². The average Bonchev–Trinajstić information content (AvgIpc) is 3.47. The monoisotopic (exact) mass is 421 g/mol. The third kappa shape index (κ3) is 3.75. The lowest BCUT2D eigenvalue weighted by atomic mass is 9.95. The number of rotatable bonds is 6. The predicted molar refractivity (Wildman–Crippen MR) is 116 cm³/mol. The van der Waals surface area contributed by atoms with Crippen molar-refractivity contribution in [2.45, 2.75) is 37.3 Å². The number of nitrogens with one attached hydrogen (secondary N) is 1. The summed E-state index contributed by atoms with van der Waals surface area (Å²) in [4.78, 5) is 13.0. The first-order valence-electron chi connectivity index (χ1n) is 10.4. The highest BCUT2D eigenvalue weighted by Crippen LogP contribution is 2.48. The molecule has 1 amide bonds. The minimum atomic E-state index is -0.422. The van der Waals surface area contributed by atoms with Gasteiger partial charge in [-0.2, -0.15) is 5.10 Å². The molecule has 2 heterocycles. The van der Waals surface area contributed by atoms with Crippen LogP contribution in [0.1, 0.15) is 41.3 Å². The summed E-state index contributed by atoms with van der Waals surface area (Å²) < 4.78 is 7.94. The molecule has 1 N–H and O–H groups in total. The SMILES string of the molecule is O=C(NC[C@@H]1OCCc2cn(Cc3ccccc3)nc21)C1(c2ccc(Cl)cc2)CC1. The van der Waals surface area contributed by atoms with Gasteiger partial charge >= 0.3 is 0 Å². The largest absolute Gasteiger partial charge is 0.370 e. The molecule has 5 rings (SSSR count). The summed E-state index contributed by atoms with van der Waals surface area (Å²) in [5.74, 6) is 0.0595. The first-order valence-corrected chi connectivity index (χ1v) is 10.8. The maximum atomic E-state index is 13.0. The molecule has 1 atom stereocenters. The molecular formula is C24H24ClN3O2. The second kappa shape index (κ2) is 7.89. The fraction of sp³-hybridized carbons (Fsp3) is 0.333. The zero-order valence-corrected chi connectivity index (χ0v) is 17.4. The van der Waals surface area contributed by atoms with Crippen molar-refractivity contribution in [1.29, 1.82) is 0 Å². The van der Waals surface area contributed by atoms with Crippen molar-refractivity contribution >= 4 is 17.5 Å². The van der Waals surface area contributed by atoms with Crippen molar-refractivity contribution in [2.24, 2.45) is 0 Å². The molecule has 30 heavy (non-hydrogen) atoms. The van der Waals surface area contributed by atoms with Gasteiger partial charge in [0.05, 0.1) is 24.3 Å². The highest BCUT2D eigenvalue weighted by Gasteiger charge is 2.51. The van der Waals surface area contributed by atoms with E-state index in [4.69, 9.17) is 21.4 Å². The van der Waals surface area contributed by atoms with E-state index in [-0.39, 0.29) is 12.0 Å². The number of carbonyl (C=O) groups is 1. The Hall–Kier alpha value is -2.63. The smallest absolute Gasteiger partial charge is 0.230 e. The molecule has 1 saturated carbocycles. The van der Waals surface area contributed by atoms with Gasteiger partial charge in [-0.1, -0.05) is 54.1 Å². The molecule has 1 aliphatic heterocycles. The first-order chi connectivity index (χ1) is 14.6. The van der Waals surface area contributed by atoms with Crippen molar-refractivity contribution in [1.82, 2.24) is 15.1 Å². The topological polar surface area (TPSA) is 56.1 Å². The van der Waals surface area contributed by atoms with Crippen molar-refractivity contribution < 1.29 is 9.53 Å². The Balaban J connectivity index is 1.27. The highest BCUT2D eigenvalue weighted by atomic mass is 35.5. The maximum Gasteiger partial charge on any atom is 0.230 e. The molecule has 0 spiro atoms. The van der Waals surface area contributed by atoms with Gasteiger partial charge in [-0.05, 0) is 48.1 Å². The summed E-state index contributed by atoms with van der Waals surface area (Å²) in [5.41, 5.74) is 3.96. The maximum absolute atomic E-state index is 13.0. The summed E-state index contributed by atoms with van der Waals surface area (Å²) in [5, 5.41) is 8.58. The molecule has 6 heteroatoms. The Kier molecular flexibility index (Phi) is 5.09. The van der Waals surface area contributed by atoms with E-state index in [1.807, 2.05) is 47.1 Å². The summed E-state index contributed by atoms with van der Waals surface area (Å²) in [7, 11) is 0. The van der Waals surface area contributed by atoms with Crippen LogP contribution in [0.25, 0.3) is 0 Å².